The molecule has 19 heavy (non-hydrogen) atoms. The quantitative estimate of drug-likeness (QED) is 0.622. The summed E-state index contributed by atoms with van der Waals surface area (Å²) in [5, 5.41) is 3.40. The van der Waals surface area contributed by atoms with Gasteiger partial charge in [0.15, 0.2) is 0 Å². The summed E-state index contributed by atoms with van der Waals surface area (Å²) >= 11 is 0. The minimum Gasteiger partial charge on any atom is -0.494 e. The molecule has 0 unspecified atom stereocenters. The van der Waals surface area contributed by atoms with Crippen LogP contribution >= 0.6 is 0 Å². The second-order valence-electron chi connectivity index (χ2n) is 4.72. The summed E-state index contributed by atoms with van der Waals surface area (Å²) in [6.07, 6.45) is 4.66. The first-order valence-corrected chi connectivity index (χ1v) is 7.28. The Hall–Kier alpha value is -1.06. The van der Waals surface area contributed by atoms with Crippen molar-refractivity contribution in [1.29, 1.82) is 0 Å². The van der Waals surface area contributed by atoms with Gasteiger partial charge in [0, 0.05) is 20.3 Å². The zero-order valence-corrected chi connectivity index (χ0v) is 12.3. The van der Waals surface area contributed by atoms with Crippen molar-refractivity contribution in [3.8, 4) is 5.75 Å². The van der Waals surface area contributed by atoms with Crippen LogP contribution in [0.3, 0.4) is 0 Å². The zero-order valence-electron chi connectivity index (χ0n) is 12.3. The fourth-order valence-electron chi connectivity index (χ4n) is 1.82. The molecule has 0 saturated carbocycles. The Morgan fingerprint density at radius 3 is 2.47 bits per heavy atom. The molecular weight excluding hydrogens is 238 g/mol. The molecule has 108 valence electrons. The van der Waals surface area contributed by atoms with E-state index in [1.54, 1.807) is 7.11 Å². The smallest absolute Gasteiger partial charge is 0.119 e. The molecular formula is C16H27NO2. The first kappa shape index (κ1) is 16.0. The third-order valence-electron chi connectivity index (χ3n) is 2.97. The SMILES string of the molecule is CCCCCOc1ccc(CNCCCOC)cc1. The van der Waals surface area contributed by atoms with Crippen LogP contribution in [0, 0.1) is 0 Å². The van der Waals surface area contributed by atoms with E-state index in [0.717, 1.165) is 44.9 Å². The highest BCUT2D eigenvalue weighted by molar-refractivity contribution is 5.27. The summed E-state index contributed by atoms with van der Waals surface area (Å²) < 4.78 is 10.7. The highest BCUT2D eigenvalue weighted by atomic mass is 16.5. The van der Waals surface area contributed by atoms with Crippen LogP contribution in [0.4, 0.5) is 0 Å². The van der Waals surface area contributed by atoms with E-state index in [1.807, 2.05) is 0 Å². The van der Waals surface area contributed by atoms with E-state index >= 15 is 0 Å². The van der Waals surface area contributed by atoms with Crippen LogP contribution in [-0.2, 0) is 11.3 Å². The van der Waals surface area contributed by atoms with E-state index in [2.05, 4.69) is 36.5 Å². The molecule has 0 bridgehead atoms. The first-order chi connectivity index (χ1) is 9.36. The second kappa shape index (κ2) is 10.8. The summed E-state index contributed by atoms with van der Waals surface area (Å²) in [6.45, 7) is 5.73. The number of hydrogen-bond donors (Lipinski definition) is 1. The molecule has 0 spiro atoms. The highest BCUT2D eigenvalue weighted by Crippen LogP contribution is 2.12. The van der Waals surface area contributed by atoms with Gasteiger partial charge in [0.1, 0.15) is 5.75 Å². The predicted molar refractivity (Wildman–Crippen MR) is 79.7 cm³/mol. The van der Waals surface area contributed by atoms with Gasteiger partial charge in [-0.2, -0.15) is 0 Å². The topological polar surface area (TPSA) is 30.5 Å². The van der Waals surface area contributed by atoms with E-state index in [0.29, 0.717) is 0 Å². The number of benzene rings is 1. The molecule has 1 rings (SSSR count). The molecule has 0 aliphatic rings. The van der Waals surface area contributed by atoms with Crippen molar-refractivity contribution in [3.63, 3.8) is 0 Å². The maximum atomic E-state index is 5.68. The average Bonchev–Trinajstić information content (AvgIpc) is 2.45. The van der Waals surface area contributed by atoms with Gasteiger partial charge >= 0.3 is 0 Å². The van der Waals surface area contributed by atoms with Crippen molar-refractivity contribution in [2.75, 3.05) is 26.9 Å². The number of ether oxygens (including phenoxy) is 2. The molecule has 0 amide bonds. The van der Waals surface area contributed by atoms with Crippen LogP contribution in [0.1, 0.15) is 38.2 Å². The highest BCUT2D eigenvalue weighted by Gasteiger charge is 1.96. The van der Waals surface area contributed by atoms with Gasteiger partial charge in [-0.25, -0.2) is 0 Å². The van der Waals surface area contributed by atoms with E-state index in [1.165, 1.54) is 18.4 Å². The Morgan fingerprint density at radius 2 is 1.79 bits per heavy atom. The van der Waals surface area contributed by atoms with E-state index < -0.39 is 0 Å². The number of hydrogen-bond acceptors (Lipinski definition) is 3. The minimum atomic E-state index is 0.817. The molecule has 0 heterocycles. The Balaban J connectivity index is 2.16. The van der Waals surface area contributed by atoms with Crippen LogP contribution in [0.5, 0.6) is 5.75 Å². The maximum Gasteiger partial charge on any atom is 0.119 e. The van der Waals surface area contributed by atoms with Crippen molar-refractivity contribution in [1.82, 2.24) is 5.32 Å². The summed E-state index contributed by atoms with van der Waals surface area (Å²) in [4.78, 5) is 0. The largest absolute Gasteiger partial charge is 0.494 e. The molecule has 0 aliphatic heterocycles. The molecule has 0 aliphatic carbocycles. The fraction of sp³-hybridized carbons (Fsp3) is 0.625. The number of nitrogens with one attached hydrogen (secondary N) is 1. The van der Waals surface area contributed by atoms with Gasteiger partial charge in [0.2, 0.25) is 0 Å². The van der Waals surface area contributed by atoms with Gasteiger partial charge in [-0.05, 0) is 37.1 Å². The lowest BCUT2D eigenvalue weighted by molar-refractivity contribution is 0.194. The maximum absolute atomic E-state index is 5.68. The summed E-state index contributed by atoms with van der Waals surface area (Å²) in [7, 11) is 1.74. The summed E-state index contributed by atoms with van der Waals surface area (Å²) in [5.74, 6) is 0.972. The molecule has 0 fully saturated rings. The van der Waals surface area contributed by atoms with Crippen molar-refractivity contribution >= 4 is 0 Å². The predicted octanol–water partition coefficient (Wildman–Crippen LogP) is 3.38. The van der Waals surface area contributed by atoms with Gasteiger partial charge in [-0.3, -0.25) is 0 Å². The Morgan fingerprint density at radius 1 is 1.00 bits per heavy atom. The van der Waals surface area contributed by atoms with Crippen LogP contribution in [0.25, 0.3) is 0 Å². The van der Waals surface area contributed by atoms with Crippen molar-refractivity contribution in [2.45, 2.75) is 39.2 Å². The lowest BCUT2D eigenvalue weighted by Gasteiger charge is -2.08. The number of methoxy groups -OCH3 is 1. The van der Waals surface area contributed by atoms with Crippen LogP contribution < -0.4 is 10.1 Å². The molecule has 1 N–H and O–H groups in total. The average molecular weight is 265 g/mol. The van der Waals surface area contributed by atoms with Gasteiger partial charge in [0.05, 0.1) is 6.61 Å². The van der Waals surface area contributed by atoms with Crippen LogP contribution in [0.15, 0.2) is 24.3 Å². The van der Waals surface area contributed by atoms with Crippen molar-refractivity contribution < 1.29 is 9.47 Å². The van der Waals surface area contributed by atoms with Gasteiger partial charge in [0.25, 0.3) is 0 Å². The van der Waals surface area contributed by atoms with E-state index in [4.69, 9.17) is 9.47 Å². The molecule has 0 atom stereocenters. The fourth-order valence-corrected chi connectivity index (χ4v) is 1.82. The lowest BCUT2D eigenvalue weighted by atomic mass is 10.2. The molecule has 0 aromatic heterocycles. The third kappa shape index (κ3) is 7.85. The molecule has 3 nitrogen and oxygen atoms in total. The summed E-state index contributed by atoms with van der Waals surface area (Å²) in [5.41, 5.74) is 1.29. The van der Waals surface area contributed by atoms with Crippen LogP contribution in [-0.4, -0.2) is 26.9 Å². The minimum absolute atomic E-state index is 0.817. The van der Waals surface area contributed by atoms with E-state index in [9.17, 15) is 0 Å². The zero-order chi connectivity index (χ0) is 13.8. The first-order valence-electron chi connectivity index (χ1n) is 7.28. The Kier molecular flexibility index (Phi) is 9.11. The van der Waals surface area contributed by atoms with Crippen molar-refractivity contribution in [3.05, 3.63) is 29.8 Å². The molecule has 0 saturated heterocycles. The molecule has 1 aromatic rings. The summed E-state index contributed by atoms with van der Waals surface area (Å²) in [6, 6.07) is 8.35. The molecule has 1 aromatic carbocycles. The normalized spacial score (nSPS) is 10.6. The lowest BCUT2D eigenvalue weighted by Crippen LogP contribution is -2.16. The van der Waals surface area contributed by atoms with Crippen molar-refractivity contribution in [2.24, 2.45) is 0 Å². The third-order valence-corrected chi connectivity index (χ3v) is 2.97. The van der Waals surface area contributed by atoms with Gasteiger partial charge in [-0.1, -0.05) is 31.9 Å². The van der Waals surface area contributed by atoms with Gasteiger partial charge < -0.3 is 14.8 Å². The molecule has 0 radical (unpaired) electrons. The Labute approximate surface area is 117 Å². The number of rotatable bonds is 11. The van der Waals surface area contributed by atoms with E-state index in [-0.39, 0.29) is 0 Å². The Bertz CT molecular complexity index is 311. The standard InChI is InChI=1S/C16H27NO2/c1-3-4-5-13-19-16-9-7-15(8-10-16)14-17-11-6-12-18-2/h7-10,17H,3-6,11-14H2,1-2H3. The molecule has 3 heteroatoms. The second-order valence-corrected chi connectivity index (χ2v) is 4.72. The van der Waals surface area contributed by atoms with Gasteiger partial charge in [-0.15, -0.1) is 0 Å². The monoisotopic (exact) mass is 265 g/mol. The number of unbranched alkanes of at least 4 members (excludes halogenated alkanes) is 2. The van der Waals surface area contributed by atoms with Crippen LogP contribution in [0.2, 0.25) is 0 Å².